The van der Waals surface area contributed by atoms with Crippen molar-refractivity contribution >= 4 is 21.4 Å². The Bertz CT molecular complexity index is 993. The third-order valence-corrected chi connectivity index (χ3v) is 5.23. The number of rotatable bonds is 5. The predicted octanol–water partition coefficient (Wildman–Crippen LogP) is 3.15. The summed E-state index contributed by atoms with van der Waals surface area (Å²) in [6.45, 7) is 6.03. The van der Waals surface area contributed by atoms with Crippen molar-refractivity contribution in [3.8, 4) is 5.75 Å². The van der Waals surface area contributed by atoms with E-state index in [1.807, 2.05) is 13.8 Å². The van der Waals surface area contributed by atoms with Crippen LogP contribution in [0.25, 0.3) is 5.65 Å². The third kappa shape index (κ3) is 3.07. The molecule has 7 heteroatoms. The molecule has 0 aliphatic heterocycles. The lowest BCUT2D eigenvalue weighted by Gasteiger charge is -2.14. The van der Waals surface area contributed by atoms with E-state index < -0.39 is 10.0 Å². The van der Waals surface area contributed by atoms with E-state index in [9.17, 15) is 8.42 Å². The van der Waals surface area contributed by atoms with Gasteiger partial charge in [-0.15, -0.1) is 0 Å². The minimum absolute atomic E-state index is 0.245. The largest absolute Gasteiger partial charge is 0.494 e. The van der Waals surface area contributed by atoms with Gasteiger partial charge in [-0.25, -0.2) is 13.4 Å². The van der Waals surface area contributed by atoms with Gasteiger partial charge < -0.3 is 9.14 Å². The summed E-state index contributed by atoms with van der Waals surface area (Å²) >= 11 is 0. The highest BCUT2D eigenvalue weighted by molar-refractivity contribution is 7.92. The maximum Gasteiger partial charge on any atom is 0.262 e. The number of nitrogens with zero attached hydrogens (tertiary/aromatic N) is 2. The number of aryl methyl sites for hydroxylation is 2. The summed E-state index contributed by atoms with van der Waals surface area (Å²) in [5.41, 5.74) is 2.66. The molecule has 0 saturated carbocycles. The van der Waals surface area contributed by atoms with Gasteiger partial charge in [0.25, 0.3) is 10.0 Å². The molecule has 126 valence electrons. The molecule has 0 spiro atoms. The molecule has 0 aliphatic carbocycles. The lowest BCUT2D eigenvalue weighted by molar-refractivity contribution is 0.337. The Morgan fingerprint density at radius 2 is 2.00 bits per heavy atom. The third-order valence-electron chi connectivity index (χ3n) is 3.70. The number of aromatic nitrogens is 2. The minimum Gasteiger partial charge on any atom is -0.494 e. The number of fused-ring (bicyclic) bond motifs is 1. The van der Waals surface area contributed by atoms with Crippen molar-refractivity contribution in [3.05, 3.63) is 54.0 Å². The van der Waals surface area contributed by atoms with E-state index in [-0.39, 0.29) is 4.90 Å². The molecule has 0 bridgehead atoms. The van der Waals surface area contributed by atoms with Crippen LogP contribution in [0.4, 0.5) is 5.69 Å². The van der Waals surface area contributed by atoms with Gasteiger partial charge >= 0.3 is 0 Å². The number of pyridine rings is 1. The monoisotopic (exact) mass is 345 g/mol. The molecule has 3 aromatic rings. The van der Waals surface area contributed by atoms with E-state index in [1.54, 1.807) is 54.2 Å². The first-order chi connectivity index (χ1) is 11.4. The van der Waals surface area contributed by atoms with Crippen LogP contribution in [0, 0.1) is 13.8 Å². The fourth-order valence-corrected chi connectivity index (χ4v) is 3.91. The van der Waals surface area contributed by atoms with E-state index in [0.29, 0.717) is 23.6 Å². The molecule has 0 radical (unpaired) electrons. The van der Waals surface area contributed by atoms with Crippen molar-refractivity contribution < 1.29 is 13.2 Å². The van der Waals surface area contributed by atoms with Crippen LogP contribution in [0.3, 0.4) is 0 Å². The van der Waals surface area contributed by atoms with Gasteiger partial charge in [0.1, 0.15) is 11.4 Å². The number of hydrogen-bond acceptors (Lipinski definition) is 4. The van der Waals surface area contributed by atoms with Crippen LogP contribution < -0.4 is 9.46 Å². The average Bonchev–Trinajstić information content (AvgIpc) is 2.98. The summed E-state index contributed by atoms with van der Waals surface area (Å²) in [7, 11) is -3.69. The van der Waals surface area contributed by atoms with Crippen LogP contribution in [0.5, 0.6) is 5.75 Å². The van der Waals surface area contributed by atoms with Gasteiger partial charge in [0, 0.05) is 18.6 Å². The summed E-state index contributed by atoms with van der Waals surface area (Å²) < 4.78 is 35.4. The molecule has 2 heterocycles. The van der Waals surface area contributed by atoms with Gasteiger partial charge in [-0.3, -0.25) is 4.72 Å². The molecule has 0 fully saturated rings. The van der Waals surface area contributed by atoms with Crippen molar-refractivity contribution in [1.29, 1.82) is 0 Å². The zero-order valence-corrected chi connectivity index (χ0v) is 14.6. The molecule has 24 heavy (non-hydrogen) atoms. The Balaban J connectivity index is 1.96. The second kappa shape index (κ2) is 6.16. The van der Waals surface area contributed by atoms with Crippen molar-refractivity contribution in [3.63, 3.8) is 0 Å². The molecular weight excluding hydrogens is 326 g/mol. The fourth-order valence-electron chi connectivity index (χ4n) is 2.55. The van der Waals surface area contributed by atoms with Gasteiger partial charge in [0.05, 0.1) is 17.2 Å². The summed E-state index contributed by atoms with van der Waals surface area (Å²) in [4.78, 5) is 4.38. The fraction of sp³-hybridized carbons (Fsp3) is 0.235. The molecule has 3 rings (SSSR count). The first kappa shape index (κ1) is 16.3. The zero-order valence-electron chi connectivity index (χ0n) is 13.8. The smallest absolute Gasteiger partial charge is 0.262 e. The molecule has 1 N–H and O–H groups in total. The molecule has 0 aliphatic rings. The molecule has 1 aromatic carbocycles. The van der Waals surface area contributed by atoms with Crippen LogP contribution in [0.15, 0.2) is 47.8 Å². The molecule has 0 unspecified atom stereocenters. The molecular formula is C17H19N3O3S. The second-order valence-electron chi connectivity index (χ2n) is 5.53. The van der Waals surface area contributed by atoms with Crippen LogP contribution in [-0.4, -0.2) is 24.4 Å². The zero-order chi connectivity index (χ0) is 17.3. The molecule has 0 amide bonds. The highest BCUT2D eigenvalue weighted by Gasteiger charge is 2.19. The normalized spacial score (nSPS) is 11.6. The quantitative estimate of drug-likeness (QED) is 0.771. The highest BCUT2D eigenvalue weighted by atomic mass is 32.2. The van der Waals surface area contributed by atoms with Crippen LogP contribution in [0.1, 0.15) is 18.1 Å². The van der Waals surface area contributed by atoms with Crippen molar-refractivity contribution in [2.24, 2.45) is 0 Å². The van der Waals surface area contributed by atoms with Gasteiger partial charge in [0.2, 0.25) is 0 Å². The highest BCUT2D eigenvalue weighted by Crippen LogP contribution is 2.27. The van der Waals surface area contributed by atoms with E-state index in [2.05, 4.69) is 9.71 Å². The lowest BCUT2D eigenvalue weighted by Crippen LogP contribution is -2.15. The van der Waals surface area contributed by atoms with Gasteiger partial charge in [-0.2, -0.15) is 0 Å². The average molecular weight is 345 g/mol. The molecule has 0 saturated heterocycles. The maximum absolute atomic E-state index is 12.7. The van der Waals surface area contributed by atoms with E-state index >= 15 is 0 Å². The minimum atomic E-state index is -3.69. The summed E-state index contributed by atoms with van der Waals surface area (Å²) in [5.74, 6) is 0.703. The number of ether oxygens (including phenoxy) is 1. The number of imidazole rings is 1. The summed E-state index contributed by atoms with van der Waals surface area (Å²) in [6.07, 6.45) is 5.11. The Kier molecular flexibility index (Phi) is 4.19. The maximum atomic E-state index is 12.7. The molecule has 2 aromatic heterocycles. The van der Waals surface area contributed by atoms with E-state index in [1.165, 1.54) is 0 Å². The standard InChI is InChI=1S/C17H19N3O3S/c1-4-23-15-9-13(3)16(10-12(15)2)24(21,22)19-14-5-6-17-18-7-8-20(17)11-14/h5-11,19H,4H2,1-3H3. The van der Waals surface area contributed by atoms with Crippen molar-refractivity contribution in [1.82, 2.24) is 9.38 Å². The Hall–Kier alpha value is -2.54. The van der Waals surface area contributed by atoms with Crippen LogP contribution in [-0.2, 0) is 10.0 Å². The predicted molar refractivity (Wildman–Crippen MR) is 93.1 cm³/mol. The summed E-state index contributed by atoms with van der Waals surface area (Å²) in [6, 6.07) is 6.84. The first-order valence-corrected chi connectivity index (χ1v) is 9.08. The Labute approximate surface area is 141 Å². The van der Waals surface area contributed by atoms with Gasteiger partial charge in [-0.1, -0.05) is 0 Å². The van der Waals surface area contributed by atoms with Gasteiger partial charge in [0.15, 0.2) is 0 Å². The SMILES string of the molecule is CCOc1cc(C)c(S(=O)(=O)Nc2ccc3nccn3c2)cc1C. The number of hydrogen-bond donors (Lipinski definition) is 1. The first-order valence-electron chi connectivity index (χ1n) is 7.60. The van der Waals surface area contributed by atoms with E-state index in [4.69, 9.17) is 4.74 Å². The van der Waals surface area contributed by atoms with Crippen molar-refractivity contribution in [2.45, 2.75) is 25.7 Å². The van der Waals surface area contributed by atoms with Crippen molar-refractivity contribution in [2.75, 3.05) is 11.3 Å². The molecule has 6 nitrogen and oxygen atoms in total. The number of nitrogens with one attached hydrogen (secondary N) is 1. The molecule has 0 atom stereocenters. The van der Waals surface area contributed by atoms with Gasteiger partial charge in [-0.05, 0) is 56.2 Å². The van der Waals surface area contributed by atoms with E-state index in [0.717, 1.165) is 11.2 Å². The Morgan fingerprint density at radius 1 is 1.21 bits per heavy atom. The number of sulfonamides is 1. The topological polar surface area (TPSA) is 72.7 Å². The number of benzene rings is 1. The van der Waals surface area contributed by atoms with Crippen LogP contribution in [0.2, 0.25) is 0 Å². The lowest BCUT2D eigenvalue weighted by atomic mass is 10.1. The summed E-state index contributed by atoms with van der Waals surface area (Å²) in [5, 5.41) is 0. The Morgan fingerprint density at radius 3 is 2.75 bits per heavy atom. The second-order valence-corrected chi connectivity index (χ2v) is 7.18. The number of anilines is 1. The van der Waals surface area contributed by atoms with Crippen LogP contribution >= 0.6 is 0 Å².